The first-order valence-electron chi connectivity index (χ1n) is 19.1. The molecule has 0 saturated heterocycles. The molecule has 0 bridgehead atoms. The van der Waals surface area contributed by atoms with Crippen molar-refractivity contribution in [2.75, 3.05) is 0 Å². The lowest BCUT2D eigenvalue weighted by Gasteiger charge is -2.14. The first-order valence-corrected chi connectivity index (χ1v) is 19.1. The molecule has 2 nitrogen and oxygen atoms in total. The zero-order valence-corrected chi connectivity index (χ0v) is 30.7. The summed E-state index contributed by atoms with van der Waals surface area (Å²) in [4.78, 5) is 10.5. The number of hydrogen-bond acceptors (Lipinski definition) is 2. The molecule has 0 radical (unpaired) electrons. The molecule has 1 aromatic heterocycles. The van der Waals surface area contributed by atoms with Gasteiger partial charge in [0.05, 0.1) is 11.2 Å². The van der Waals surface area contributed by atoms with Gasteiger partial charge in [-0.05, 0) is 115 Å². The molecule has 0 aliphatic rings. The van der Waals surface area contributed by atoms with Gasteiger partial charge in [0.15, 0.2) is 5.82 Å². The van der Waals surface area contributed by atoms with Crippen LogP contribution in [-0.4, -0.2) is 9.97 Å². The van der Waals surface area contributed by atoms with Crippen molar-refractivity contribution in [1.29, 1.82) is 0 Å². The van der Waals surface area contributed by atoms with Crippen molar-refractivity contribution in [3.8, 4) is 78.3 Å². The molecule has 0 spiro atoms. The summed E-state index contributed by atoms with van der Waals surface area (Å²) in [5.74, 6) is 0.703. The quantitative estimate of drug-likeness (QED) is 0.164. The second-order valence-electron chi connectivity index (χ2n) is 14.2. The van der Waals surface area contributed by atoms with Crippen molar-refractivity contribution in [2.24, 2.45) is 0 Å². The summed E-state index contributed by atoms with van der Waals surface area (Å²) < 4.78 is 0. The van der Waals surface area contributed by atoms with E-state index in [2.05, 4.69) is 218 Å². The molecule has 0 aliphatic heterocycles. The van der Waals surface area contributed by atoms with Crippen molar-refractivity contribution in [3.63, 3.8) is 0 Å². The number of benzene rings is 9. The molecule has 0 aliphatic carbocycles. The Morgan fingerprint density at radius 3 is 1.34 bits per heavy atom. The molecule has 262 valence electrons. The zero-order valence-electron chi connectivity index (χ0n) is 30.7. The second-order valence-corrected chi connectivity index (χ2v) is 14.2. The van der Waals surface area contributed by atoms with Crippen molar-refractivity contribution in [2.45, 2.75) is 0 Å². The number of aromatic nitrogens is 2. The average molecular weight is 713 g/mol. The summed E-state index contributed by atoms with van der Waals surface area (Å²) in [5, 5.41) is 3.43. The SMILES string of the molecule is c1ccc(-c2cc(-c3ccccc3)cc(-c3cccc(-c4cccc(-c5nc(-c6cc(-c7ccccc7)c7ccccc7c6)c6ccccc6n5)c4)c3)c2)cc1. The summed E-state index contributed by atoms with van der Waals surface area (Å²) in [5.41, 5.74) is 15.6. The van der Waals surface area contributed by atoms with Gasteiger partial charge < -0.3 is 0 Å². The Morgan fingerprint density at radius 1 is 0.250 bits per heavy atom. The lowest BCUT2D eigenvalue weighted by atomic mass is 9.92. The molecule has 10 rings (SSSR count). The van der Waals surface area contributed by atoms with E-state index in [9.17, 15) is 0 Å². The first-order chi connectivity index (χ1) is 27.7. The number of hydrogen-bond donors (Lipinski definition) is 0. The molecule has 1 heterocycles. The van der Waals surface area contributed by atoms with Gasteiger partial charge in [0, 0.05) is 16.5 Å². The average Bonchev–Trinajstić information content (AvgIpc) is 3.29. The van der Waals surface area contributed by atoms with Crippen LogP contribution in [0.15, 0.2) is 218 Å². The summed E-state index contributed by atoms with van der Waals surface area (Å²) >= 11 is 0. The Morgan fingerprint density at radius 2 is 0.696 bits per heavy atom. The minimum Gasteiger partial charge on any atom is -0.228 e. The number of nitrogens with zero attached hydrogens (tertiary/aromatic N) is 2. The normalized spacial score (nSPS) is 11.2. The molecule has 0 fully saturated rings. The van der Waals surface area contributed by atoms with Gasteiger partial charge in [0.25, 0.3) is 0 Å². The van der Waals surface area contributed by atoms with Gasteiger partial charge in [-0.1, -0.05) is 170 Å². The fourth-order valence-corrected chi connectivity index (χ4v) is 7.83. The molecule has 0 atom stereocenters. The maximum Gasteiger partial charge on any atom is 0.160 e. The Kier molecular flexibility index (Phi) is 8.55. The Labute approximate surface area is 327 Å². The van der Waals surface area contributed by atoms with E-state index in [4.69, 9.17) is 9.97 Å². The highest BCUT2D eigenvalue weighted by molar-refractivity contribution is 6.03. The minimum atomic E-state index is 0.703. The van der Waals surface area contributed by atoms with E-state index < -0.39 is 0 Å². The standard InChI is InChI=1S/C54H36N2/c1-4-16-37(17-5-1)45-33-46(38-18-6-2-7-19-38)35-47(34-45)42-25-14-23-40(30-42)41-24-15-26-44(31-41)54-55-52-29-13-12-28-50(52)53(56-54)48-32-43-22-10-11-27-49(43)51(36-48)39-20-8-3-9-21-39/h1-36H. The highest BCUT2D eigenvalue weighted by Gasteiger charge is 2.16. The second kappa shape index (κ2) is 14.4. The maximum atomic E-state index is 5.35. The van der Waals surface area contributed by atoms with Crippen LogP contribution in [0.3, 0.4) is 0 Å². The molecule has 0 amide bonds. The summed E-state index contributed by atoms with van der Waals surface area (Å²) in [7, 11) is 0. The minimum absolute atomic E-state index is 0.703. The van der Waals surface area contributed by atoms with E-state index in [1.165, 1.54) is 49.7 Å². The van der Waals surface area contributed by atoms with E-state index in [0.29, 0.717) is 5.82 Å². The van der Waals surface area contributed by atoms with Crippen LogP contribution in [0.5, 0.6) is 0 Å². The van der Waals surface area contributed by atoms with Gasteiger partial charge in [-0.25, -0.2) is 9.97 Å². The van der Waals surface area contributed by atoms with Crippen LogP contribution in [0.4, 0.5) is 0 Å². The molecule has 10 aromatic rings. The predicted octanol–water partition coefficient (Wildman–Crippen LogP) is 14.5. The van der Waals surface area contributed by atoms with Crippen LogP contribution in [0.25, 0.3) is 100.0 Å². The Balaban J connectivity index is 1.07. The third kappa shape index (κ3) is 6.44. The highest BCUT2D eigenvalue weighted by Crippen LogP contribution is 2.38. The van der Waals surface area contributed by atoms with Crippen molar-refractivity contribution < 1.29 is 0 Å². The van der Waals surface area contributed by atoms with Gasteiger partial charge in [0.2, 0.25) is 0 Å². The third-order valence-corrected chi connectivity index (χ3v) is 10.6. The van der Waals surface area contributed by atoms with Crippen LogP contribution in [0.2, 0.25) is 0 Å². The van der Waals surface area contributed by atoms with Crippen molar-refractivity contribution in [1.82, 2.24) is 9.97 Å². The van der Waals surface area contributed by atoms with Crippen LogP contribution in [0, 0.1) is 0 Å². The van der Waals surface area contributed by atoms with Gasteiger partial charge >= 0.3 is 0 Å². The lowest BCUT2D eigenvalue weighted by Crippen LogP contribution is -1.96. The Bertz CT molecular complexity index is 2950. The molecule has 0 saturated carbocycles. The highest BCUT2D eigenvalue weighted by atomic mass is 14.9. The molecule has 9 aromatic carbocycles. The van der Waals surface area contributed by atoms with Crippen LogP contribution in [0.1, 0.15) is 0 Å². The molecular weight excluding hydrogens is 677 g/mol. The molecule has 56 heavy (non-hydrogen) atoms. The van der Waals surface area contributed by atoms with E-state index in [-0.39, 0.29) is 0 Å². The summed E-state index contributed by atoms with van der Waals surface area (Å²) in [6, 6.07) is 77.7. The Hall–Kier alpha value is -7.42. The van der Waals surface area contributed by atoms with Crippen LogP contribution < -0.4 is 0 Å². The monoisotopic (exact) mass is 712 g/mol. The van der Waals surface area contributed by atoms with Crippen molar-refractivity contribution >= 4 is 21.7 Å². The van der Waals surface area contributed by atoms with Gasteiger partial charge in [0.1, 0.15) is 0 Å². The third-order valence-electron chi connectivity index (χ3n) is 10.6. The smallest absolute Gasteiger partial charge is 0.160 e. The van der Waals surface area contributed by atoms with Crippen LogP contribution >= 0.6 is 0 Å². The summed E-state index contributed by atoms with van der Waals surface area (Å²) in [6.07, 6.45) is 0. The molecular formula is C54H36N2. The fourth-order valence-electron chi connectivity index (χ4n) is 7.83. The number of rotatable bonds is 7. The van der Waals surface area contributed by atoms with E-state index in [1.54, 1.807) is 0 Å². The number of para-hydroxylation sites is 1. The zero-order chi connectivity index (χ0) is 37.3. The van der Waals surface area contributed by atoms with Gasteiger partial charge in [-0.3, -0.25) is 0 Å². The topological polar surface area (TPSA) is 25.8 Å². The predicted molar refractivity (Wildman–Crippen MR) is 235 cm³/mol. The van der Waals surface area contributed by atoms with E-state index >= 15 is 0 Å². The largest absolute Gasteiger partial charge is 0.228 e. The summed E-state index contributed by atoms with van der Waals surface area (Å²) in [6.45, 7) is 0. The lowest BCUT2D eigenvalue weighted by molar-refractivity contribution is 1.23. The first kappa shape index (κ1) is 33.2. The van der Waals surface area contributed by atoms with Crippen molar-refractivity contribution in [3.05, 3.63) is 218 Å². The van der Waals surface area contributed by atoms with E-state index in [1.807, 2.05) is 0 Å². The molecule has 0 unspecified atom stereocenters. The van der Waals surface area contributed by atoms with Crippen LogP contribution in [-0.2, 0) is 0 Å². The maximum absolute atomic E-state index is 5.35. The van der Waals surface area contributed by atoms with Gasteiger partial charge in [-0.15, -0.1) is 0 Å². The molecule has 0 N–H and O–H groups in total. The van der Waals surface area contributed by atoms with Gasteiger partial charge in [-0.2, -0.15) is 0 Å². The fraction of sp³-hybridized carbons (Fsp3) is 0. The molecule has 2 heteroatoms. The number of fused-ring (bicyclic) bond motifs is 2. The van der Waals surface area contributed by atoms with E-state index in [0.717, 1.165) is 44.4 Å².